The zero-order chi connectivity index (χ0) is 27.6. The van der Waals surface area contributed by atoms with Crippen LogP contribution in [0.25, 0.3) is 0 Å². The fraction of sp³-hybridized carbons (Fsp3) is 0.576. The molecule has 2 aromatic carbocycles. The van der Waals surface area contributed by atoms with Gasteiger partial charge in [-0.2, -0.15) is 0 Å². The molecule has 2 saturated carbocycles. The van der Waals surface area contributed by atoms with Crippen LogP contribution in [0.5, 0.6) is 23.0 Å². The molecular weight excluding hydrogens is 506 g/mol. The molecule has 212 valence electrons. The van der Waals surface area contributed by atoms with E-state index < -0.39 is 12.2 Å². The van der Waals surface area contributed by atoms with Crippen LogP contribution in [-0.2, 0) is 12.8 Å². The summed E-state index contributed by atoms with van der Waals surface area (Å²) < 4.78 is 23.2. The van der Waals surface area contributed by atoms with Crippen molar-refractivity contribution in [1.82, 2.24) is 4.90 Å². The first-order valence-electron chi connectivity index (χ1n) is 14.7. The third-order valence-corrected chi connectivity index (χ3v) is 10.6. The average molecular weight is 546 g/mol. The van der Waals surface area contributed by atoms with Crippen molar-refractivity contribution in [1.29, 1.82) is 0 Å². The van der Waals surface area contributed by atoms with Crippen LogP contribution in [0.1, 0.15) is 66.8 Å². The summed E-state index contributed by atoms with van der Waals surface area (Å²) in [5, 5.41) is 21.1. The van der Waals surface area contributed by atoms with Gasteiger partial charge in [0.05, 0.1) is 19.3 Å². The Labute approximate surface area is 236 Å². The van der Waals surface area contributed by atoms with Crippen molar-refractivity contribution in [2.75, 3.05) is 34.1 Å². The molecule has 7 nitrogen and oxygen atoms in total. The molecule has 7 heteroatoms. The molecule has 0 aromatic heterocycles. The number of aryl methyl sites for hydroxylation is 1. The molecule has 0 bridgehead atoms. The largest absolute Gasteiger partial charge is 0.492 e. The Bertz CT molecular complexity index is 1380. The average Bonchev–Trinajstić information content (AvgIpc) is 3.52. The number of rotatable bonds is 3. The maximum absolute atomic E-state index is 10.7. The predicted octanol–water partition coefficient (Wildman–Crippen LogP) is 4.22. The van der Waals surface area contributed by atoms with Crippen LogP contribution in [0.2, 0.25) is 0 Å². The Morgan fingerprint density at radius 3 is 2.85 bits per heavy atom. The van der Waals surface area contributed by atoms with E-state index in [0.29, 0.717) is 30.1 Å². The first-order chi connectivity index (χ1) is 19.4. The smallest absolute Gasteiger partial charge is 0.231 e. The molecule has 0 unspecified atom stereocenters. The highest BCUT2D eigenvalue weighted by Gasteiger charge is 2.57. The zero-order valence-corrected chi connectivity index (χ0v) is 23.6. The van der Waals surface area contributed by atoms with Gasteiger partial charge >= 0.3 is 0 Å². The second-order valence-corrected chi connectivity index (χ2v) is 12.5. The zero-order valence-electron chi connectivity index (χ0n) is 23.6. The second kappa shape index (κ2) is 9.87. The van der Waals surface area contributed by atoms with Gasteiger partial charge in [0.25, 0.3) is 0 Å². The van der Waals surface area contributed by atoms with Crippen LogP contribution >= 0.6 is 0 Å². The molecule has 3 aliphatic carbocycles. The van der Waals surface area contributed by atoms with Gasteiger partial charge in [0, 0.05) is 12.1 Å². The number of hydrogen-bond donors (Lipinski definition) is 2. The predicted molar refractivity (Wildman–Crippen MR) is 150 cm³/mol. The number of ether oxygens (including phenoxy) is 4. The molecule has 2 fully saturated rings. The van der Waals surface area contributed by atoms with E-state index in [0.717, 1.165) is 67.9 Å². The normalized spacial score (nSPS) is 33.6. The molecule has 0 radical (unpaired) electrons. The molecule has 40 heavy (non-hydrogen) atoms. The van der Waals surface area contributed by atoms with E-state index in [1.165, 1.54) is 16.7 Å². The number of hydrogen-bond acceptors (Lipinski definition) is 7. The van der Waals surface area contributed by atoms with Crippen molar-refractivity contribution < 1.29 is 29.2 Å². The molecule has 0 spiro atoms. The lowest BCUT2D eigenvalue weighted by atomic mass is 9.55. The van der Waals surface area contributed by atoms with Gasteiger partial charge in [0.2, 0.25) is 12.5 Å². The van der Waals surface area contributed by atoms with Crippen LogP contribution in [0.4, 0.5) is 0 Å². The maximum Gasteiger partial charge on any atom is 0.231 e. The molecular formula is C33H39NO6. The van der Waals surface area contributed by atoms with Crippen LogP contribution in [0, 0.1) is 29.1 Å². The van der Waals surface area contributed by atoms with Crippen LogP contribution in [-0.4, -0.2) is 61.4 Å². The molecule has 0 amide bonds. The fourth-order valence-electron chi connectivity index (χ4n) is 8.51. The SMILES string of the molecule is COc1c2c(cc3c1[C@H](C#CCOc1ccc4c(c1)CC[C@@H]1[C@@H]4CC[C@]4(C)[C@H](O)[C@@H](O)C[C@@H]14)N(C)CC3)OCO2. The summed E-state index contributed by atoms with van der Waals surface area (Å²) in [6, 6.07) is 8.49. The van der Waals surface area contributed by atoms with Gasteiger partial charge in [-0.1, -0.05) is 24.8 Å². The number of methoxy groups -OCH3 is 1. The van der Waals surface area contributed by atoms with E-state index in [9.17, 15) is 10.2 Å². The third kappa shape index (κ3) is 3.99. The standard InChI is InChI=1S/C33H39NO6/c1-33-12-10-23-22-9-7-21(15-19(22)6-8-24(23)25(33)17-27(35)32(33)36)38-14-4-5-26-29-20(11-13-34(26)2)16-28-30(31(29)37-3)40-18-39-28/h7,9,15-16,23-27,32,35-36H,6,8,10-14,17-18H2,1-3H3/t23-,24-,25+,26+,27+,32-,33+/m1/s1. The molecule has 5 aliphatic rings. The molecule has 2 N–H and O–H groups in total. The molecule has 2 aliphatic heterocycles. The van der Waals surface area contributed by atoms with Gasteiger partial charge in [-0.15, -0.1) is 0 Å². The van der Waals surface area contributed by atoms with Crippen LogP contribution in [0.15, 0.2) is 24.3 Å². The van der Waals surface area contributed by atoms with Gasteiger partial charge < -0.3 is 29.2 Å². The quantitative estimate of drug-likeness (QED) is 0.559. The van der Waals surface area contributed by atoms with Gasteiger partial charge in [-0.05, 0) is 104 Å². The lowest BCUT2D eigenvalue weighted by Crippen LogP contribution is -2.44. The van der Waals surface area contributed by atoms with Gasteiger partial charge in [-0.3, -0.25) is 4.90 Å². The van der Waals surface area contributed by atoms with E-state index in [2.05, 4.69) is 55.0 Å². The fourth-order valence-corrected chi connectivity index (χ4v) is 8.51. The van der Waals surface area contributed by atoms with Crippen molar-refractivity contribution >= 4 is 0 Å². The molecule has 0 saturated heterocycles. The molecule has 7 rings (SSSR count). The number of benzene rings is 2. The minimum Gasteiger partial charge on any atom is -0.492 e. The van der Waals surface area contributed by atoms with Crippen molar-refractivity contribution in [3.63, 3.8) is 0 Å². The van der Waals surface area contributed by atoms with E-state index in [1.54, 1.807) is 7.11 Å². The summed E-state index contributed by atoms with van der Waals surface area (Å²) in [6.07, 6.45) is 4.61. The highest BCUT2D eigenvalue weighted by atomic mass is 16.7. The Kier molecular flexibility index (Phi) is 6.42. The first kappa shape index (κ1) is 26.0. The van der Waals surface area contributed by atoms with E-state index >= 15 is 0 Å². The Balaban J connectivity index is 1.06. The van der Waals surface area contributed by atoms with Crippen molar-refractivity contribution in [2.24, 2.45) is 17.3 Å². The first-order valence-corrected chi connectivity index (χ1v) is 14.7. The minimum atomic E-state index is -0.595. The summed E-state index contributed by atoms with van der Waals surface area (Å²) in [5.74, 6) is 11.1. The maximum atomic E-state index is 10.7. The van der Waals surface area contributed by atoms with E-state index in [4.69, 9.17) is 18.9 Å². The summed E-state index contributed by atoms with van der Waals surface area (Å²) in [6.45, 7) is 3.62. The van der Waals surface area contributed by atoms with Crippen LogP contribution in [0.3, 0.4) is 0 Å². The molecule has 2 heterocycles. The third-order valence-electron chi connectivity index (χ3n) is 10.6. The van der Waals surface area contributed by atoms with Gasteiger partial charge in [-0.25, -0.2) is 0 Å². The number of nitrogens with zero attached hydrogens (tertiary/aromatic N) is 1. The van der Waals surface area contributed by atoms with E-state index in [1.807, 2.05) is 0 Å². The number of aliphatic hydroxyl groups excluding tert-OH is 2. The highest BCUT2D eigenvalue weighted by molar-refractivity contribution is 5.63. The lowest BCUT2D eigenvalue weighted by molar-refractivity contribution is -0.0505. The Hall–Kier alpha value is -2.92. The monoisotopic (exact) mass is 545 g/mol. The number of aliphatic hydroxyl groups is 2. The number of fused-ring (bicyclic) bond motifs is 7. The van der Waals surface area contributed by atoms with E-state index in [-0.39, 0.29) is 18.2 Å². The van der Waals surface area contributed by atoms with Gasteiger partial charge in [0.1, 0.15) is 18.4 Å². The highest BCUT2D eigenvalue weighted by Crippen LogP contribution is 2.61. The summed E-state index contributed by atoms with van der Waals surface area (Å²) >= 11 is 0. The Morgan fingerprint density at radius 1 is 1.12 bits per heavy atom. The van der Waals surface area contributed by atoms with Gasteiger partial charge in [0.15, 0.2) is 11.5 Å². The minimum absolute atomic E-state index is 0.109. The topological polar surface area (TPSA) is 80.6 Å². The molecule has 2 aromatic rings. The van der Waals surface area contributed by atoms with Crippen molar-refractivity contribution in [3.05, 3.63) is 46.5 Å². The second-order valence-electron chi connectivity index (χ2n) is 12.5. The lowest BCUT2D eigenvalue weighted by Gasteiger charge is -2.49. The van der Waals surface area contributed by atoms with Crippen molar-refractivity contribution in [2.45, 2.75) is 69.6 Å². The molecule has 7 atom stereocenters. The summed E-state index contributed by atoms with van der Waals surface area (Å²) in [5.41, 5.74) is 4.90. The Morgan fingerprint density at radius 2 is 2.00 bits per heavy atom. The summed E-state index contributed by atoms with van der Waals surface area (Å²) in [7, 11) is 3.76. The van der Waals surface area contributed by atoms with Crippen molar-refractivity contribution in [3.8, 4) is 34.8 Å². The van der Waals surface area contributed by atoms with Crippen LogP contribution < -0.4 is 18.9 Å². The summed E-state index contributed by atoms with van der Waals surface area (Å²) in [4.78, 5) is 2.24. The number of likely N-dealkylation sites (N-methyl/N-ethyl adjacent to an activating group) is 1.